The zero-order valence-electron chi connectivity index (χ0n) is 18.2. The lowest BCUT2D eigenvalue weighted by Crippen LogP contribution is -2.44. The van der Waals surface area contributed by atoms with Crippen LogP contribution in [-0.4, -0.2) is 71.5 Å². The molecule has 8 heteroatoms. The number of aliphatic imine (C=N–C) groups is 1. The molecular formula is C21H37IN4O3. The Hall–Kier alpha value is -1.26. The predicted molar refractivity (Wildman–Crippen MR) is 129 cm³/mol. The molecule has 1 aliphatic heterocycles. The second kappa shape index (κ2) is 14.7. The molecule has 29 heavy (non-hydrogen) atoms. The summed E-state index contributed by atoms with van der Waals surface area (Å²) in [7, 11) is 6.95. The molecule has 1 atom stereocenters. The van der Waals surface area contributed by atoms with Crippen LogP contribution in [0.2, 0.25) is 0 Å². The fourth-order valence-electron chi connectivity index (χ4n) is 3.45. The van der Waals surface area contributed by atoms with Gasteiger partial charge in [0.1, 0.15) is 11.5 Å². The molecule has 0 aromatic heterocycles. The average Bonchev–Trinajstić information content (AvgIpc) is 3.15. The lowest BCUT2D eigenvalue weighted by atomic mass is 10.2. The van der Waals surface area contributed by atoms with Crippen molar-refractivity contribution in [3.05, 3.63) is 23.8 Å². The van der Waals surface area contributed by atoms with Crippen molar-refractivity contribution in [2.24, 2.45) is 4.99 Å². The van der Waals surface area contributed by atoms with Gasteiger partial charge in [-0.2, -0.15) is 0 Å². The van der Waals surface area contributed by atoms with Crippen LogP contribution in [0.1, 0.15) is 31.2 Å². The van der Waals surface area contributed by atoms with E-state index in [9.17, 15) is 0 Å². The number of ether oxygens (including phenoxy) is 3. The third-order valence-corrected chi connectivity index (χ3v) is 4.97. The summed E-state index contributed by atoms with van der Waals surface area (Å²) in [6, 6.07) is 6.47. The van der Waals surface area contributed by atoms with Gasteiger partial charge in [0.05, 0.1) is 14.2 Å². The van der Waals surface area contributed by atoms with E-state index < -0.39 is 0 Å². The molecule has 2 rings (SSSR count). The van der Waals surface area contributed by atoms with Crippen LogP contribution in [0.15, 0.2) is 23.2 Å². The number of hydrogen-bond donors (Lipinski definition) is 2. The number of nitrogens with one attached hydrogen (secondary N) is 2. The molecule has 1 saturated heterocycles. The van der Waals surface area contributed by atoms with Crippen molar-refractivity contribution in [2.75, 3.05) is 54.6 Å². The first-order valence-corrected chi connectivity index (χ1v) is 10.1. The van der Waals surface area contributed by atoms with Gasteiger partial charge in [0.2, 0.25) is 0 Å². The van der Waals surface area contributed by atoms with Crippen LogP contribution in [0.5, 0.6) is 11.5 Å². The minimum atomic E-state index is 0. The zero-order valence-corrected chi connectivity index (χ0v) is 20.5. The Morgan fingerprint density at radius 3 is 2.45 bits per heavy atom. The van der Waals surface area contributed by atoms with Crippen molar-refractivity contribution in [3.8, 4) is 11.5 Å². The number of unbranched alkanes of at least 4 members (excludes halogenated alkanes) is 2. The molecule has 0 bridgehead atoms. The van der Waals surface area contributed by atoms with Gasteiger partial charge in [-0.15, -0.1) is 24.0 Å². The van der Waals surface area contributed by atoms with Crippen LogP contribution in [-0.2, 0) is 11.3 Å². The molecule has 1 heterocycles. The summed E-state index contributed by atoms with van der Waals surface area (Å²) in [5.74, 6) is 2.55. The van der Waals surface area contributed by atoms with Gasteiger partial charge in [-0.25, -0.2) is 0 Å². The van der Waals surface area contributed by atoms with E-state index in [1.54, 1.807) is 21.3 Å². The highest BCUT2D eigenvalue weighted by atomic mass is 127. The summed E-state index contributed by atoms with van der Waals surface area (Å²) >= 11 is 0. The number of halogens is 1. The van der Waals surface area contributed by atoms with Gasteiger partial charge in [0.15, 0.2) is 5.96 Å². The number of methoxy groups -OCH3 is 3. The minimum absolute atomic E-state index is 0. The first-order chi connectivity index (χ1) is 13.7. The second-order valence-corrected chi connectivity index (χ2v) is 7.14. The predicted octanol–water partition coefficient (Wildman–Crippen LogP) is 2.88. The Balaban J connectivity index is 0.00000420. The third kappa shape index (κ3) is 9.39. The maximum atomic E-state index is 5.38. The largest absolute Gasteiger partial charge is 0.497 e. The first-order valence-electron chi connectivity index (χ1n) is 10.1. The summed E-state index contributed by atoms with van der Waals surface area (Å²) in [6.45, 7) is 4.71. The van der Waals surface area contributed by atoms with Gasteiger partial charge in [0, 0.05) is 59.1 Å². The standard InChI is InChI=1S/C21H36N4O3.HI/c1-22-21(23-9-6-5-7-11-26-2)24-18-8-10-25(16-18)15-17-12-19(27-3)14-20(13-17)28-4;/h12-14,18H,5-11,15-16H2,1-4H3,(H2,22,23,24);1H. The molecule has 1 aromatic carbocycles. The van der Waals surface area contributed by atoms with E-state index in [2.05, 4.69) is 32.7 Å². The Bertz CT molecular complexity index is 593. The summed E-state index contributed by atoms with van der Waals surface area (Å²) in [5.41, 5.74) is 1.20. The van der Waals surface area contributed by atoms with Crippen LogP contribution in [0.25, 0.3) is 0 Å². The zero-order chi connectivity index (χ0) is 20.2. The van der Waals surface area contributed by atoms with Gasteiger partial charge >= 0.3 is 0 Å². The van der Waals surface area contributed by atoms with Crippen LogP contribution >= 0.6 is 24.0 Å². The smallest absolute Gasteiger partial charge is 0.191 e. The first kappa shape index (κ1) is 25.8. The summed E-state index contributed by atoms with van der Waals surface area (Å²) in [5, 5.41) is 6.97. The number of rotatable bonds is 11. The normalized spacial score (nSPS) is 17.0. The van der Waals surface area contributed by atoms with Crippen molar-refractivity contribution in [3.63, 3.8) is 0 Å². The number of nitrogens with zero attached hydrogens (tertiary/aromatic N) is 2. The van der Waals surface area contributed by atoms with Crippen molar-refractivity contribution < 1.29 is 14.2 Å². The van der Waals surface area contributed by atoms with E-state index in [1.807, 2.05) is 13.1 Å². The topological polar surface area (TPSA) is 67.4 Å². The van der Waals surface area contributed by atoms with E-state index in [4.69, 9.17) is 14.2 Å². The fraction of sp³-hybridized carbons (Fsp3) is 0.667. The van der Waals surface area contributed by atoms with E-state index in [-0.39, 0.29) is 24.0 Å². The van der Waals surface area contributed by atoms with Crippen LogP contribution in [0, 0.1) is 0 Å². The molecule has 0 radical (unpaired) electrons. The maximum Gasteiger partial charge on any atom is 0.191 e. The molecule has 1 aliphatic rings. The highest BCUT2D eigenvalue weighted by Crippen LogP contribution is 2.24. The van der Waals surface area contributed by atoms with Crippen molar-refractivity contribution in [1.82, 2.24) is 15.5 Å². The van der Waals surface area contributed by atoms with Crippen molar-refractivity contribution in [1.29, 1.82) is 0 Å². The minimum Gasteiger partial charge on any atom is -0.497 e. The SMILES string of the molecule is CN=C(NCCCCCOC)NC1CCN(Cc2cc(OC)cc(OC)c2)C1.I. The number of likely N-dealkylation sites (tertiary alicyclic amines) is 1. The molecule has 0 amide bonds. The van der Waals surface area contributed by atoms with E-state index in [1.165, 1.54) is 12.0 Å². The second-order valence-electron chi connectivity index (χ2n) is 7.14. The molecule has 7 nitrogen and oxygen atoms in total. The molecule has 0 saturated carbocycles. The van der Waals surface area contributed by atoms with Crippen LogP contribution in [0.4, 0.5) is 0 Å². The summed E-state index contributed by atoms with van der Waals surface area (Å²) in [4.78, 5) is 6.81. The van der Waals surface area contributed by atoms with Crippen molar-refractivity contribution in [2.45, 2.75) is 38.3 Å². The maximum absolute atomic E-state index is 5.38. The van der Waals surface area contributed by atoms with Gasteiger partial charge < -0.3 is 24.8 Å². The van der Waals surface area contributed by atoms with Crippen LogP contribution in [0.3, 0.4) is 0 Å². The number of hydrogen-bond acceptors (Lipinski definition) is 5. The molecule has 0 aliphatic carbocycles. The lowest BCUT2D eigenvalue weighted by Gasteiger charge is -2.19. The average molecular weight is 520 g/mol. The van der Waals surface area contributed by atoms with E-state index >= 15 is 0 Å². The molecular weight excluding hydrogens is 483 g/mol. The number of benzene rings is 1. The fourth-order valence-corrected chi connectivity index (χ4v) is 3.45. The molecule has 1 aromatic rings. The Kier molecular flexibility index (Phi) is 13.0. The van der Waals surface area contributed by atoms with Crippen molar-refractivity contribution >= 4 is 29.9 Å². The highest BCUT2D eigenvalue weighted by Gasteiger charge is 2.23. The molecule has 1 unspecified atom stereocenters. The quantitative estimate of drug-likeness (QED) is 0.203. The Labute approximate surface area is 192 Å². The summed E-state index contributed by atoms with van der Waals surface area (Å²) < 4.78 is 15.8. The molecule has 1 fully saturated rings. The van der Waals surface area contributed by atoms with Gasteiger partial charge in [-0.3, -0.25) is 9.89 Å². The van der Waals surface area contributed by atoms with E-state index in [0.717, 1.165) is 69.5 Å². The monoisotopic (exact) mass is 520 g/mol. The third-order valence-electron chi connectivity index (χ3n) is 4.97. The summed E-state index contributed by atoms with van der Waals surface area (Å²) in [6.07, 6.45) is 4.50. The van der Waals surface area contributed by atoms with Crippen LogP contribution < -0.4 is 20.1 Å². The van der Waals surface area contributed by atoms with Gasteiger partial charge in [0.25, 0.3) is 0 Å². The Morgan fingerprint density at radius 2 is 1.83 bits per heavy atom. The van der Waals surface area contributed by atoms with Gasteiger partial charge in [-0.1, -0.05) is 0 Å². The Morgan fingerprint density at radius 1 is 1.10 bits per heavy atom. The lowest BCUT2D eigenvalue weighted by molar-refractivity contribution is 0.192. The molecule has 0 spiro atoms. The highest BCUT2D eigenvalue weighted by molar-refractivity contribution is 14.0. The molecule has 166 valence electrons. The van der Waals surface area contributed by atoms with E-state index in [0.29, 0.717) is 6.04 Å². The number of guanidine groups is 1. The van der Waals surface area contributed by atoms with Gasteiger partial charge in [-0.05, 0) is 43.4 Å². The molecule has 2 N–H and O–H groups in total.